The number of carbonyl (C=O) groups excluding carboxylic acids is 2. The normalized spacial score (nSPS) is 10.9. The second-order valence-electron chi connectivity index (χ2n) is 6.78. The first-order valence-corrected chi connectivity index (χ1v) is 9.56. The molecule has 6 nitrogen and oxygen atoms in total. The topological polar surface area (TPSA) is 76.9 Å². The third-order valence-corrected chi connectivity index (χ3v) is 4.81. The Bertz CT molecular complexity index is 1210. The van der Waals surface area contributed by atoms with Crippen LogP contribution in [0, 0.1) is 5.82 Å². The molecule has 0 aliphatic carbocycles. The van der Waals surface area contributed by atoms with Crippen molar-refractivity contribution in [1.29, 1.82) is 0 Å². The van der Waals surface area contributed by atoms with Crippen LogP contribution in [0.15, 0.2) is 67.0 Å². The summed E-state index contributed by atoms with van der Waals surface area (Å²) in [5.74, 6) is -0.583. The van der Waals surface area contributed by atoms with Gasteiger partial charge in [0.1, 0.15) is 11.5 Å². The standard InChI is InChI=1S/C23H19FN4O2/c1-2-22(29)20-11-6-15(12-25-20)13-26-23(30)18-4-3-5-21-19(18)14-27-28(21)17-9-7-16(24)8-10-17/h3-12,14H,2,13H2,1H3,(H,26,30). The fraction of sp³-hybridized carbons (Fsp3) is 0.130. The lowest BCUT2D eigenvalue weighted by Gasteiger charge is -2.08. The number of nitrogens with zero attached hydrogens (tertiary/aromatic N) is 3. The molecule has 7 heteroatoms. The summed E-state index contributed by atoms with van der Waals surface area (Å²) in [5.41, 5.74) is 3.16. The van der Waals surface area contributed by atoms with Crippen molar-refractivity contribution in [2.45, 2.75) is 19.9 Å². The van der Waals surface area contributed by atoms with Crippen LogP contribution in [0.3, 0.4) is 0 Å². The van der Waals surface area contributed by atoms with E-state index in [4.69, 9.17) is 0 Å². The number of pyridine rings is 1. The van der Waals surface area contributed by atoms with E-state index in [-0.39, 0.29) is 24.1 Å². The number of rotatable bonds is 6. The van der Waals surface area contributed by atoms with Crippen molar-refractivity contribution in [3.63, 3.8) is 0 Å². The molecule has 0 fully saturated rings. The van der Waals surface area contributed by atoms with E-state index in [1.807, 2.05) is 6.07 Å². The summed E-state index contributed by atoms with van der Waals surface area (Å²) < 4.78 is 14.9. The Labute approximate surface area is 172 Å². The fourth-order valence-electron chi connectivity index (χ4n) is 3.19. The van der Waals surface area contributed by atoms with Crippen molar-refractivity contribution in [1.82, 2.24) is 20.1 Å². The van der Waals surface area contributed by atoms with Crippen LogP contribution in [0.5, 0.6) is 0 Å². The van der Waals surface area contributed by atoms with Gasteiger partial charge < -0.3 is 5.32 Å². The molecule has 0 aliphatic heterocycles. The molecular formula is C23H19FN4O2. The van der Waals surface area contributed by atoms with Gasteiger partial charge in [0.15, 0.2) is 5.78 Å². The Balaban J connectivity index is 1.54. The lowest BCUT2D eigenvalue weighted by atomic mass is 10.1. The summed E-state index contributed by atoms with van der Waals surface area (Å²) in [6, 6.07) is 14.8. The third kappa shape index (κ3) is 3.82. The number of benzene rings is 2. The van der Waals surface area contributed by atoms with Crippen molar-refractivity contribution < 1.29 is 14.0 Å². The second-order valence-corrected chi connectivity index (χ2v) is 6.78. The van der Waals surface area contributed by atoms with E-state index in [2.05, 4.69) is 15.4 Å². The zero-order chi connectivity index (χ0) is 21.1. The number of aromatic nitrogens is 3. The van der Waals surface area contributed by atoms with Gasteiger partial charge in [-0.15, -0.1) is 0 Å². The first-order valence-electron chi connectivity index (χ1n) is 9.56. The average Bonchev–Trinajstić information content (AvgIpc) is 3.22. The zero-order valence-corrected chi connectivity index (χ0v) is 16.3. The molecule has 150 valence electrons. The molecule has 1 amide bonds. The van der Waals surface area contributed by atoms with Gasteiger partial charge in [-0.3, -0.25) is 14.6 Å². The molecule has 1 N–H and O–H groups in total. The maximum Gasteiger partial charge on any atom is 0.252 e. The third-order valence-electron chi connectivity index (χ3n) is 4.81. The van der Waals surface area contributed by atoms with Gasteiger partial charge in [-0.2, -0.15) is 5.10 Å². The Morgan fingerprint density at radius 1 is 1.03 bits per heavy atom. The molecule has 2 aromatic heterocycles. The summed E-state index contributed by atoms with van der Waals surface area (Å²) in [5, 5.41) is 7.93. The van der Waals surface area contributed by atoms with Gasteiger partial charge in [0.2, 0.25) is 0 Å². The van der Waals surface area contributed by atoms with Gasteiger partial charge in [-0.25, -0.2) is 9.07 Å². The molecule has 0 radical (unpaired) electrons. The number of ketones is 1. The summed E-state index contributed by atoms with van der Waals surface area (Å²) >= 11 is 0. The summed E-state index contributed by atoms with van der Waals surface area (Å²) in [7, 11) is 0. The Morgan fingerprint density at radius 2 is 1.83 bits per heavy atom. The van der Waals surface area contributed by atoms with Crippen molar-refractivity contribution in [3.05, 3.63) is 89.6 Å². The number of fused-ring (bicyclic) bond motifs is 1. The van der Waals surface area contributed by atoms with Gasteiger partial charge in [-0.05, 0) is 48.0 Å². The SMILES string of the molecule is CCC(=O)c1ccc(CNC(=O)c2cccc3c2cnn3-c2ccc(F)cc2)cn1. The highest BCUT2D eigenvalue weighted by Gasteiger charge is 2.14. The number of Topliss-reactive ketones (excluding diaryl/α,β-unsaturated/α-hetero) is 1. The molecular weight excluding hydrogens is 383 g/mol. The van der Waals surface area contributed by atoms with Gasteiger partial charge in [0, 0.05) is 24.5 Å². The molecule has 0 aliphatic rings. The number of nitrogens with one attached hydrogen (secondary N) is 1. The minimum atomic E-state index is -0.322. The van der Waals surface area contributed by atoms with Gasteiger partial charge in [0.25, 0.3) is 5.91 Å². The van der Waals surface area contributed by atoms with E-state index in [1.165, 1.54) is 12.1 Å². The molecule has 0 atom stereocenters. The molecule has 2 aromatic carbocycles. The fourth-order valence-corrected chi connectivity index (χ4v) is 3.19. The Morgan fingerprint density at radius 3 is 2.53 bits per heavy atom. The average molecular weight is 402 g/mol. The zero-order valence-electron chi connectivity index (χ0n) is 16.3. The largest absolute Gasteiger partial charge is 0.348 e. The minimum absolute atomic E-state index is 0.0181. The minimum Gasteiger partial charge on any atom is -0.348 e. The molecule has 0 spiro atoms. The predicted octanol–water partition coefficient (Wildman–Crippen LogP) is 4.08. The Kier molecular flexibility index (Phi) is 5.34. The summed E-state index contributed by atoms with van der Waals surface area (Å²) in [6.07, 6.45) is 3.62. The van der Waals surface area contributed by atoms with Crippen LogP contribution in [-0.2, 0) is 6.54 Å². The van der Waals surface area contributed by atoms with Crippen molar-refractivity contribution in [2.75, 3.05) is 0 Å². The summed E-state index contributed by atoms with van der Waals surface area (Å²) in [4.78, 5) is 28.6. The van der Waals surface area contributed by atoms with Crippen LogP contribution in [0.1, 0.15) is 39.8 Å². The van der Waals surface area contributed by atoms with Crippen molar-refractivity contribution in [3.8, 4) is 5.69 Å². The lowest BCUT2D eigenvalue weighted by molar-refractivity contribution is 0.0950. The van der Waals surface area contributed by atoms with E-state index in [9.17, 15) is 14.0 Å². The van der Waals surface area contributed by atoms with E-state index in [0.29, 0.717) is 28.8 Å². The molecule has 4 aromatic rings. The number of halogens is 1. The maximum absolute atomic E-state index is 13.2. The van der Waals surface area contributed by atoms with E-state index in [0.717, 1.165) is 11.1 Å². The number of hydrogen-bond donors (Lipinski definition) is 1. The quantitative estimate of drug-likeness (QED) is 0.493. The highest BCUT2D eigenvalue weighted by Crippen LogP contribution is 2.22. The highest BCUT2D eigenvalue weighted by atomic mass is 19.1. The lowest BCUT2D eigenvalue weighted by Crippen LogP contribution is -2.23. The van der Waals surface area contributed by atoms with Crippen LogP contribution in [0.25, 0.3) is 16.6 Å². The summed E-state index contributed by atoms with van der Waals surface area (Å²) in [6.45, 7) is 2.08. The van der Waals surface area contributed by atoms with Crippen molar-refractivity contribution in [2.24, 2.45) is 0 Å². The first kappa shape index (κ1) is 19.4. The van der Waals surface area contributed by atoms with Crippen molar-refractivity contribution >= 4 is 22.6 Å². The molecule has 2 heterocycles. The van der Waals surface area contributed by atoms with Crippen LogP contribution >= 0.6 is 0 Å². The van der Waals surface area contributed by atoms with Crippen LogP contribution in [0.4, 0.5) is 4.39 Å². The van der Waals surface area contributed by atoms with E-state index in [1.54, 1.807) is 60.4 Å². The molecule has 0 saturated carbocycles. The van der Waals surface area contributed by atoms with E-state index >= 15 is 0 Å². The van der Waals surface area contributed by atoms with Crippen LogP contribution in [0.2, 0.25) is 0 Å². The maximum atomic E-state index is 13.2. The predicted molar refractivity (Wildman–Crippen MR) is 111 cm³/mol. The molecule has 0 bridgehead atoms. The number of hydrogen-bond acceptors (Lipinski definition) is 4. The molecule has 30 heavy (non-hydrogen) atoms. The second kappa shape index (κ2) is 8.24. The highest BCUT2D eigenvalue weighted by molar-refractivity contribution is 6.06. The van der Waals surface area contributed by atoms with Gasteiger partial charge >= 0.3 is 0 Å². The Hall–Kier alpha value is -3.87. The number of amides is 1. The van der Waals surface area contributed by atoms with Crippen LogP contribution in [-0.4, -0.2) is 26.5 Å². The van der Waals surface area contributed by atoms with Gasteiger partial charge in [-0.1, -0.05) is 19.1 Å². The smallest absolute Gasteiger partial charge is 0.252 e. The monoisotopic (exact) mass is 402 g/mol. The molecule has 4 rings (SSSR count). The first-order chi connectivity index (χ1) is 14.6. The molecule has 0 saturated heterocycles. The van der Waals surface area contributed by atoms with Crippen LogP contribution < -0.4 is 5.32 Å². The molecule has 0 unspecified atom stereocenters. The van der Waals surface area contributed by atoms with Gasteiger partial charge in [0.05, 0.1) is 23.0 Å². The van der Waals surface area contributed by atoms with E-state index < -0.39 is 0 Å². The number of carbonyl (C=O) groups is 2.